The van der Waals surface area contributed by atoms with Crippen LogP contribution in [0.1, 0.15) is 12.5 Å². The zero-order chi connectivity index (χ0) is 20.1. The summed E-state index contributed by atoms with van der Waals surface area (Å²) in [4.78, 5) is 25.9. The number of hydrogen-bond donors (Lipinski definition) is 0. The Hall–Kier alpha value is -3.42. The number of carbonyl (C=O) groups is 1. The molecule has 1 aromatic heterocycles. The molecule has 0 atom stereocenters. The van der Waals surface area contributed by atoms with Gasteiger partial charge in [-0.25, -0.2) is 9.18 Å². The normalized spacial score (nSPS) is 10.7. The molecule has 0 aliphatic heterocycles. The molecule has 0 spiro atoms. The first-order chi connectivity index (χ1) is 13.5. The van der Waals surface area contributed by atoms with Gasteiger partial charge < -0.3 is 14.1 Å². The second kappa shape index (κ2) is 8.51. The Kier molecular flexibility index (Phi) is 5.88. The summed E-state index contributed by atoms with van der Waals surface area (Å²) in [5, 5.41) is 4.02. The van der Waals surface area contributed by atoms with E-state index in [4.69, 9.17) is 9.15 Å². The van der Waals surface area contributed by atoms with Crippen molar-refractivity contribution in [1.82, 2.24) is 14.7 Å². The molecule has 0 unspecified atom stereocenters. The summed E-state index contributed by atoms with van der Waals surface area (Å²) in [7, 11) is 1.64. The monoisotopic (exact) mass is 385 g/mol. The SMILES string of the molecule is CCOc1ccc(CN(C)C(=O)Cn2nc(-c3ccc(F)cc3)oc2=O)cc1. The lowest BCUT2D eigenvalue weighted by Gasteiger charge is -2.17. The molecule has 0 saturated heterocycles. The van der Waals surface area contributed by atoms with E-state index in [2.05, 4.69) is 5.10 Å². The first-order valence-corrected chi connectivity index (χ1v) is 8.76. The first-order valence-electron chi connectivity index (χ1n) is 8.76. The Morgan fingerprint density at radius 1 is 1.18 bits per heavy atom. The van der Waals surface area contributed by atoms with Crippen LogP contribution in [0.15, 0.2) is 57.7 Å². The van der Waals surface area contributed by atoms with Crippen molar-refractivity contribution >= 4 is 5.91 Å². The molecule has 0 radical (unpaired) electrons. The van der Waals surface area contributed by atoms with E-state index in [1.807, 2.05) is 31.2 Å². The summed E-state index contributed by atoms with van der Waals surface area (Å²) in [6, 6.07) is 12.8. The Morgan fingerprint density at radius 3 is 2.50 bits per heavy atom. The quantitative estimate of drug-likeness (QED) is 0.625. The van der Waals surface area contributed by atoms with Crippen LogP contribution in [0.25, 0.3) is 11.5 Å². The molecule has 0 aliphatic carbocycles. The molecule has 146 valence electrons. The summed E-state index contributed by atoms with van der Waals surface area (Å²) in [6.45, 7) is 2.62. The number of ether oxygens (including phenoxy) is 1. The van der Waals surface area contributed by atoms with Gasteiger partial charge in [0.1, 0.15) is 18.1 Å². The van der Waals surface area contributed by atoms with E-state index in [9.17, 15) is 14.0 Å². The number of rotatable bonds is 7. The standard InChI is InChI=1S/C20H20FN3O4/c1-3-27-17-10-4-14(5-11-17)12-23(2)18(25)13-24-20(26)28-19(22-24)15-6-8-16(21)9-7-15/h4-11H,3,12-13H2,1-2H3. The number of benzene rings is 2. The second-order valence-corrected chi connectivity index (χ2v) is 6.16. The summed E-state index contributed by atoms with van der Waals surface area (Å²) < 4.78 is 24.4. The van der Waals surface area contributed by atoms with Crippen molar-refractivity contribution in [2.45, 2.75) is 20.0 Å². The molecule has 0 N–H and O–H groups in total. The van der Waals surface area contributed by atoms with Crippen LogP contribution in [0.3, 0.4) is 0 Å². The van der Waals surface area contributed by atoms with Crippen LogP contribution >= 0.6 is 0 Å². The lowest BCUT2D eigenvalue weighted by molar-refractivity contribution is -0.131. The molecule has 1 heterocycles. The third-order valence-corrected chi connectivity index (χ3v) is 4.06. The third-order valence-electron chi connectivity index (χ3n) is 4.06. The van der Waals surface area contributed by atoms with Crippen LogP contribution in [0.2, 0.25) is 0 Å². The first kappa shape index (κ1) is 19.3. The summed E-state index contributed by atoms with van der Waals surface area (Å²) in [6.07, 6.45) is 0. The maximum Gasteiger partial charge on any atom is 0.437 e. The van der Waals surface area contributed by atoms with E-state index in [-0.39, 0.29) is 18.3 Å². The maximum atomic E-state index is 13.0. The van der Waals surface area contributed by atoms with E-state index >= 15 is 0 Å². The highest BCUT2D eigenvalue weighted by molar-refractivity contribution is 5.75. The molecule has 8 heteroatoms. The van der Waals surface area contributed by atoms with Crippen LogP contribution < -0.4 is 10.5 Å². The average molecular weight is 385 g/mol. The van der Waals surface area contributed by atoms with Gasteiger partial charge in [0.25, 0.3) is 0 Å². The van der Waals surface area contributed by atoms with Crippen LogP contribution in [0.5, 0.6) is 5.75 Å². The van der Waals surface area contributed by atoms with E-state index in [0.29, 0.717) is 18.7 Å². The topological polar surface area (TPSA) is 77.6 Å². The van der Waals surface area contributed by atoms with Crippen LogP contribution in [0.4, 0.5) is 4.39 Å². The van der Waals surface area contributed by atoms with Gasteiger partial charge in [-0.15, -0.1) is 5.10 Å². The van der Waals surface area contributed by atoms with Gasteiger partial charge in [0.15, 0.2) is 0 Å². The van der Waals surface area contributed by atoms with Crippen LogP contribution in [-0.4, -0.2) is 34.2 Å². The molecular weight excluding hydrogens is 365 g/mol. The van der Waals surface area contributed by atoms with E-state index < -0.39 is 11.6 Å². The van der Waals surface area contributed by atoms with Gasteiger partial charge in [-0.2, -0.15) is 4.68 Å². The number of nitrogens with zero attached hydrogens (tertiary/aromatic N) is 3. The van der Waals surface area contributed by atoms with Crippen LogP contribution in [0, 0.1) is 5.82 Å². The molecule has 0 bridgehead atoms. The number of hydrogen-bond acceptors (Lipinski definition) is 5. The van der Waals surface area contributed by atoms with E-state index in [1.54, 1.807) is 7.05 Å². The number of aromatic nitrogens is 2. The van der Waals surface area contributed by atoms with Crippen molar-refractivity contribution in [2.24, 2.45) is 0 Å². The number of amides is 1. The van der Waals surface area contributed by atoms with Crippen molar-refractivity contribution in [3.05, 3.63) is 70.5 Å². The van der Waals surface area contributed by atoms with Crippen molar-refractivity contribution in [1.29, 1.82) is 0 Å². The molecule has 0 aliphatic rings. The second-order valence-electron chi connectivity index (χ2n) is 6.16. The predicted molar refractivity (Wildman–Crippen MR) is 100 cm³/mol. The van der Waals surface area contributed by atoms with Gasteiger partial charge in [0.2, 0.25) is 11.8 Å². The molecule has 3 rings (SSSR count). The number of carbonyl (C=O) groups excluding carboxylic acids is 1. The molecular formula is C20H20FN3O4. The Morgan fingerprint density at radius 2 is 1.86 bits per heavy atom. The van der Waals surface area contributed by atoms with E-state index in [1.165, 1.54) is 29.2 Å². The smallest absolute Gasteiger partial charge is 0.437 e. The molecule has 0 saturated carbocycles. The minimum absolute atomic E-state index is 0.0342. The summed E-state index contributed by atoms with van der Waals surface area (Å²) in [5.74, 6) is -0.650. The lowest BCUT2D eigenvalue weighted by atomic mass is 10.2. The zero-order valence-corrected chi connectivity index (χ0v) is 15.6. The van der Waals surface area contributed by atoms with Crippen molar-refractivity contribution in [3.63, 3.8) is 0 Å². The van der Waals surface area contributed by atoms with Crippen molar-refractivity contribution < 1.29 is 18.3 Å². The van der Waals surface area contributed by atoms with Crippen LogP contribution in [-0.2, 0) is 17.9 Å². The summed E-state index contributed by atoms with van der Waals surface area (Å²) >= 11 is 0. The fourth-order valence-corrected chi connectivity index (χ4v) is 2.58. The maximum absolute atomic E-state index is 13.0. The van der Waals surface area contributed by atoms with Crippen molar-refractivity contribution in [3.8, 4) is 17.2 Å². The molecule has 0 fully saturated rings. The highest BCUT2D eigenvalue weighted by Gasteiger charge is 2.16. The van der Waals surface area contributed by atoms with E-state index in [0.717, 1.165) is 16.0 Å². The Bertz CT molecular complexity index is 994. The van der Waals surface area contributed by atoms with Gasteiger partial charge in [-0.05, 0) is 48.9 Å². The third kappa shape index (κ3) is 4.64. The lowest BCUT2D eigenvalue weighted by Crippen LogP contribution is -2.32. The zero-order valence-electron chi connectivity index (χ0n) is 15.6. The van der Waals surface area contributed by atoms with Crippen molar-refractivity contribution in [2.75, 3.05) is 13.7 Å². The highest BCUT2D eigenvalue weighted by atomic mass is 19.1. The average Bonchev–Trinajstić information content (AvgIpc) is 3.04. The molecule has 7 nitrogen and oxygen atoms in total. The largest absolute Gasteiger partial charge is 0.494 e. The fraction of sp³-hybridized carbons (Fsp3) is 0.250. The molecule has 28 heavy (non-hydrogen) atoms. The predicted octanol–water partition coefficient (Wildman–Crippen LogP) is 2.70. The number of likely N-dealkylation sites (N-methyl/N-ethyl adjacent to an activating group) is 1. The van der Waals surface area contributed by atoms with Gasteiger partial charge in [-0.1, -0.05) is 12.1 Å². The minimum Gasteiger partial charge on any atom is -0.494 e. The molecule has 3 aromatic rings. The molecule has 1 amide bonds. The Balaban J connectivity index is 1.65. The fourth-order valence-electron chi connectivity index (χ4n) is 2.58. The van der Waals surface area contributed by atoms with Gasteiger partial charge >= 0.3 is 5.76 Å². The van der Waals surface area contributed by atoms with Gasteiger partial charge in [0, 0.05) is 19.2 Å². The van der Waals surface area contributed by atoms with Gasteiger partial charge in [-0.3, -0.25) is 4.79 Å². The molecule has 2 aromatic carbocycles. The minimum atomic E-state index is -0.748. The Labute approximate surface area is 161 Å². The van der Waals surface area contributed by atoms with Gasteiger partial charge in [0.05, 0.1) is 6.61 Å². The summed E-state index contributed by atoms with van der Waals surface area (Å²) in [5.41, 5.74) is 1.38. The highest BCUT2D eigenvalue weighted by Crippen LogP contribution is 2.16. The number of halogens is 1.